The molecule has 2 aliphatic rings. The molecule has 0 fully saturated rings. The predicted octanol–water partition coefficient (Wildman–Crippen LogP) is 5.34. The molecule has 0 spiro atoms. The number of fused-ring (bicyclic) bond motifs is 3. The molecule has 2 aromatic heterocycles. The molecule has 2 bridgehead atoms. The number of halogens is 1. The number of rotatable bonds is 3. The quantitative estimate of drug-likeness (QED) is 0.396. The van der Waals surface area contributed by atoms with E-state index in [9.17, 15) is 9.18 Å². The Balaban J connectivity index is 1.72. The number of aromatic amines is 1. The second kappa shape index (κ2) is 9.21. The standard InChI is InChI=1S/C26H28FN5O2/c1-15-5-4-11-29-20-14-28-12-10-17(20)23-24(31-19-7-3-6-18(27)25(19)34-2)21-22(32-23)16(9-8-15)13-30-26(21)33/h3,5-7,10,12,14,16,29,31-32H,4,8-9,11,13H2,1-2H3,(H,30,33)/b15-5+/t16-/m0/s1. The van der Waals surface area contributed by atoms with Gasteiger partial charge in [-0.25, -0.2) is 4.39 Å². The zero-order chi connectivity index (χ0) is 23.7. The minimum atomic E-state index is -0.476. The van der Waals surface area contributed by atoms with Gasteiger partial charge in [-0.05, 0) is 44.4 Å². The topological polar surface area (TPSA) is 91.1 Å². The SMILES string of the molecule is COc1c(F)cccc1Nc1c2[nH]c3c1C(=O)NC[C@@H]3CC/C(C)=C/CCNc1cnccc1-2. The second-order valence-corrected chi connectivity index (χ2v) is 8.74. The van der Waals surface area contributed by atoms with Crippen molar-refractivity contribution in [1.82, 2.24) is 15.3 Å². The Hall–Kier alpha value is -3.81. The summed E-state index contributed by atoms with van der Waals surface area (Å²) in [5, 5.41) is 9.85. The average molecular weight is 462 g/mol. The summed E-state index contributed by atoms with van der Waals surface area (Å²) in [6.07, 6.45) is 8.56. The second-order valence-electron chi connectivity index (χ2n) is 8.74. The van der Waals surface area contributed by atoms with Crippen LogP contribution in [0.2, 0.25) is 0 Å². The van der Waals surface area contributed by atoms with Gasteiger partial charge in [0.05, 0.1) is 41.6 Å². The molecular formula is C26H28FN5O2. The van der Waals surface area contributed by atoms with E-state index in [0.717, 1.165) is 48.4 Å². The number of pyridine rings is 1. The number of anilines is 3. The van der Waals surface area contributed by atoms with E-state index in [1.807, 2.05) is 6.07 Å². The van der Waals surface area contributed by atoms with Gasteiger partial charge in [0.15, 0.2) is 11.6 Å². The third-order valence-electron chi connectivity index (χ3n) is 6.53. The number of benzene rings is 1. The molecule has 1 atom stereocenters. The normalized spacial score (nSPS) is 19.2. The Morgan fingerprint density at radius 3 is 2.97 bits per heavy atom. The highest BCUT2D eigenvalue weighted by Gasteiger charge is 2.33. The fraction of sp³-hybridized carbons (Fsp3) is 0.308. The molecule has 0 saturated heterocycles. The first-order valence-corrected chi connectivity index (χ1v) is 11.5. The van der Waals surface area contributed by atoms with E-state index in [1.165, 1.54) is 18.7 Å². The van der Waals surface area contributed by atoms with Crippen LogP contribution in [0.15, 0.2) is 48.3 Å². The van der Waals surface area contributed by atoms with E-state index in [4.69, 9.17) is 4.74 Å². The molecule has 4 N–H and O–H groups in total. The highest BCUT2D eigenvalue weighted by molar-refractivity contribution is 6.07. The number of para-hydroxylation sites is 1. The van der Waals surface area contributed by atoms with Crippen molar-refractivity contribution in [1.29, 1.82) is 0 Å². The Bertz CT molecular complexity index is 1270. The van der Waals surface area contributed by atoms with Gasteiger partial charge in [-0.2, -0.15) is 0 Å². The monoisotopic (exact) mass is 461 g/mol. The number of aromatic nitrogens is 2. The number of ether oxygens (including phenoxy) is 1. The largest absolute Gasteiger partial charge is 0.492 e. The van der Waals surface area contributed by atoms with E-state index in [0.29, 0.717) is 23.5 Å². The predicted molar refractivity (Wildman–Crippen MR) is 131 cm³/mol. The molecule has 0 saturated carbocycles. The van der Waals surface area contributed by atoms with Crippen molar-refractivity contribution in [2.45, 2.75) is 32.1 Å². The maximum Gasteiger partial charge on any atom is 0.255 e. The third-order valence-corrected chi connectivity index (χ3v) is 6.53. The summed E-state index contributed by atoms with van der Waals surface area (Å²) in [4.78, 5) is 21.0. The maximum absolute atomic E-state index is 14.5. The number of H-pyrrole nitrogens is 1. The van der Waals surface area contributed by atoms with Crippen molar-refractivity contribution in [3.8, 4) is 17.0 Å². The van der Waals surface area contributed by atoms with Crippen molar-refractivity contribution in [2.24, 2.45) is 0 Å². The van der Waals surface area contributed by atoms with Gasteiger partial charge in [0.2, 0.25) is 0 Å². The van der Waals surface area contributed by atoms with Gasteiger partial charge >= 0.3 is 0 Å². The molecule has 8 heteroatoms. The molecule has 176 valence electrons. The highest BCUT2D eigenvalue weighted by atomic mass is 19.1. The van der Waals surface area contributed by atoms with Crippen LogP contribution < -0.4 is 20.7 Å². The molecule has 7 nitrogen and oxygen atoms in total. The lowest BCUT2D eigenvalue weighted by Gasteiger charge is -2.24. The molecule has 0 aliphatic carbocycles. The van der Waals surface area contributed by atoms with Crippen LogP contribution in [-0.2, 0) is 0 Å². The molecule has 3 aromatic rings. The number of methoxy groups -OCH3 is 1. The first-order valence-electron chi connectivity index (χ1n) is 11.5. The van der Waals surface area contributed by atoms with E-state index in [1.54, 1.807) is 24.5 Å². The van der Waals surface area contributed by atoms with Crippen molar-refractivity contribution in [3.05, 3.63) is 65.4 Å². The zero-order valence-corrected chi connectivity index (χ0v) is 19.3. The van der Waals surface area contributed by atoms with Gasteiger partial charge in [0.25, 0.3) is 5.91 Å². The lowest BCUT2D eigenvalue weighted by atomic mass is 9.90. The van der Waals surface area contributed by atoms with Gasteiger partial charge in [-0.3, -0.25) is 9.78 Å². The fourth-order valence-electron chi connectivity index (χ4n) is 4.77. The van der Waals surface area contributed by atoms with E-state index in [-0.39, 0.29) is 17.6 Å². The molecule has 2 aliphatic heterocycles. The van der Waals surface area contributed by atoms with Gasteiger partial charge in [-0.1, -0.05) is 17.7 Å². The molecule has 1 amide bonds. The Kier molecular flexibility index (Phi) is 5.96. The summed E-state index contributed by atoms with van der Waals surface area (Å²) >= 11 is 0. The number of hydrogen-bond acceptors (Lipinski definition) is 5. The van der Waals surface area contributed by atoms with Crippen LogP contribution in [0.5, 0.6) is 5.75 Å². The molecule has 34 heavy (non-hydrogen) atoms. The number of amides is 1. The van der Waals surface area contributed by atoms with Crippen molar-refractivity contribution >= 4 is 23.0 Å². The van der Waals surface area contributed by atoms with Gasteiger partial charge in [-0.15, -0.1) is 0 Å². The van der Waals surface area contributed by atoms with Gasteiger partial charge in [0, 0.05) is 36.5 Å². The van der Waals surface area contributed by atoms with E-state index < -0.39 is 5.82 Å². The van der Waals surface area contributed by atoms with E-state index in [2.05, 4.69) is 38.9 Å². The Morgan fingerprint density at radius 1 is 1.24 bits per heavy atom. The van der Waals surface area contributed by atoms with Crippen LogP contribution in [0, 0.1) is 5.82 Å². The average Bonchev–Trinajstić information content (AvgIpc) is 3.21. The van der Waals surface area contributed by atoms with E-state index >= 15 is 0 Å². The van der Waals surface area contributed by atoms with Crippen molar-refractivity contribution in [3.63, 3.8) is 0 Å². The van der Waals surface area contributed by atoms with Crippen LogP contribution >= 0.6 is 0 Å². The summed E-state index contributed by atoms with van der Waals surface area (Å²) in [7, 11) is 1.43. The number of hydrogen-bond donors (Lipinski definition) is 4. The lowest BCUT2D eigenvalue weighted by Crippen LogP contribution is -2.35. The minimum Gasteiger partial charge on any atom is -0.492 e. The molecule has 5 rings (SSSR count). The minimum absolute atomic E-state index is 0.0967. The molecular weight excluding hydrogens is 433 g/mol. The summed E-state index contributed by atoms with van der Waals surface area (Å²) in [5.74, 6) is -0.399. The number of nitrogens with one attached hydrogen (secondary N) is 4. The number of nitrogens with zero attached hydrogens (tertiary/aromatic N) is 1. The Morgan fingerprint density at radius 2 is 2.12 bits per heavy atom. The lowest BCUT2D eigenvalue weighted by molar-refractivity contribution is 0.0940. The molecule has 0 radical (unpaired) electrons. The maximum atomic E-state index is 14.5. The third kappa shape index (κ3) is 4.00. The highest BCUT2D eigenvalue weighted by Crippen LogP contribution is 2.44. The number of carbonyl (C=O) groups is 1. The van der Waals surface area contributed by atoms with Crippen LogP contribution in [0.1, 0.15) is 48.2 Å². The zero-order valence-electron chi connectivity index (χ0n) is 19.3. The Labute approximate surface area is 197 Å². The molecule has 4 heterocycles. The summed E-state index contributed by atoms with van der Waals surface area (Å²) in [6, 6.07) is 6.62. The summed E-state index contributed by atoms with van der Waals surface area (Å²) in [5.41, 5.74) is 6.33. The van der Waals surface area contributed by atoms with Crippen molar-refractivity contribution < 1.29 is 13.9 Å². The molecule has 0 unspecified atom stereocenters. The van der Waals surface area contributed by atoms with Crippen molar-refractivity contribution in [2.75, 3.05) is 30.8 Å². The number of carbonyl (C=O) groups excluding carboxylic acids is 1. The first kappa shape index (κ1) is 22.0. The van der Waals surface area contributed by atoms with Gasteiger partial charge in [0.1, 0.15) is 0 Å². The van der Waals surface area contributed by atoms with Crippen LogP contribution in [0.4, 0.5) is 21.5 Å². The summed E-state index contributed by atoms with van der Waals surface area (Å²) in [6.45, 7) is 3.49. The fourth-order valence-corrected chi connectivity index (χ4v) is 4.77. The van der Waals surface area contributed by atoms with Crippen LogP contribution in [0.25, 0.3) is 11.3 Å². The first-order chi connectivity index (χ1) is 16.6. The smallest absolute Gasteiger partial charge is 0.255 e. The molecule has 1 aromatic carbocycles. The number of allylic oxidation sites excluding steroid dienone is 1. The summed E-state index contributed by atoms with van der Waals surface area (Å²) < 4.78 is 19.8. The van der Waals surface area contributed by atoms with Crippen LogP contribution in [-0.4, -0.2) is 36.1 Å². The van der Waals surface area contributed by atoms with Gasteiger partial charge < -0.3 is 25.7 Å². The van der Waals surface area contributed by atoms with Crippen LogP contribution in [0.3, 0.4) is 0 Å².